The van der Waals surface area contributed by atoms with Crippen molar-refractivity contribution >= 4 is 11.0 Å². The van der Waals surface area contributed by atoms with Crippen LogP contribution < -0.4 is 10.5 Å². The van der Waals surface area contributed by atoms with Crippen LogP contribution in [0.15, 0.2) is 30.9 Å². The van der Waals surface area contributed by atoms with Crippen LogP contribution in [0.2, 0.25) is 0 Å². The summed E-state index contributed by atoms with van der Waals surface area (Å²) in [6.45, 7) is 7.51. The van der Waals surface area contributed by atoms with Gasteiger partial charge in [-0.25, -0.2) is 4.98 Å². The first-order chi connectivity index (χ1) is 8.30. The fraction of sp³-hybridized carbons (Fsp3) is 0.308. The molecule has 1 aromatic carbocycles. The largest absolute Gasteiger partial charge is 0.494 e. The average molecular weight is 231 g/mol. The van der Waals surface area contributed by atoms with Crippen molar-refractivity contribution in [2.75, 3.05) is 6.61 Å². The van der Waals surface area contributed by atoms with Crippen molar-refractivity contribution in [3.63, 3.8) is 0 Å². The van der Waals surface area contributed by atoms with Crippen LogP contribution in [0.1, 0.15) is 12.7 Å². The summed E-state index contributed by atoms with van der Waals surface area (Å²) in [5, 5.41) is 0. The molecule has 0 spiro atoms. The lowest BCUT2D eigenvalue weighted by Gasteiger charge is -2.05. The summed E-state index contributed by atoms with van der Waals surface area (Å²) in [6.07, 6.45) is 1.84. The Morgan fingerprint density at radius 3 is 3.00 bits per heavy atom. The molecule has 0 bridgehead atoms. The molecule has 1 aromatic heterocycles. The van der Waals surface area contributed by atoms with E-state index in [1.54, 1.807) is 0 Å². The van der Waals surface area contributed by atoms with Gasteiger partial charge in [0.15, 0.2) is 0 Å². The maximum atomic E-state index is 5.69. The standard InChI is InChI=1S/C13H17N3O/c1-3-7-16-12-6-5-10(17-4-2)8-11(12)15-13(16)9-14/h3,5-6,8H,1,4,7,9,14H2,2H3. The highest BCUT2D eigenvalue weighted by molar-refractivity contribution is 5.77. The molecule has 2 rings (SSSR count). The van der Waals surface area contributed by atoms with Crippen LogP contribution in [-0.2, 0) is 13.1 Å². The number of fused-ring (bicyclic) bond motifs is 1. The summed E-state index contributed by atoms with van der Waals surface area (Å²) in [5.74, 6) is 1.71. The number of benzene rings is 1. The molecule has 90 valence electrons. The normalized spacial score (nSPS) is 10.7. The Morgan fingerprint density at radius 1 is 1.53 bits per heavy atom. The van der Waals surface area contributed by atoms with Crippen LogP contribution in [0.25, 0.3) is 11.0 Å². The van der Waals surface area contributed by atoms with E-state index in [1.807, 2.05) is 31.2 Å². The second-order valence-corrected chi connectivity index (χ2v) is 3.71. The number of nitrogens with zero attached hydrogens (tertiary/aromatic N) is 2. The Labute approximate surface area is 101 Å². The smallest absolute Gasteiger partial charge is 0.123 e. The molecule has 2 aromatic rings. The van der Waals surface area contributed by atoms with Gasteiger partial charge in [0.05, 0.1) is 24.2 Å². The van der Waals surface area contributed by atoms with E-state index in [9.17, 15) is 0 Å². The Morgan fingerprint density at radius 2 is 2.35 bits per heavy atom. The molecule has 0 unspecified atom stereocenters. The van der Waals surface area contributed by atoms with Crippen LogP contribution >= 0.6 is 0 Å². The van der Waals surface area contributed by atoms with Crippen molar-refractivity contribution in [3.05, 3.63) is 36.7 Å². The zero-order valence-electron chi connectivity index (χ0n) is 10.0. The molecule has 17 heavy (non-hydrogen) atoms. The van der Waals surface area contributed by atoms with E-state index in [2.05, 4.69) is 16.1 Å². The number of hydrogen-bond donors (Lipinski definition) is 1. The third kappa shape index (κ3) is 2.17. The van der Waals surface area contributed by atoms with Gasteiger partial charge in [0.1, 0.15) is 11.6 Å². The number of rotatable bonds is 5. The minimum absolute atomic E-state index is 0.423. The predicted octanol–water partition coefficient (Wildman–Crippen LogP) is 2.08. The summed E-state index contributed by atoms with van der Waals surface area (Å²) < 4.78 is 7.52. The molecule has 0 aliphatic rings. The Balaban J connectivity index is 2.52. The van der Waals surface area contributed by atoms with Crippen LogP contribution in [0.3, 0.4) is 0 Å². The predicted molar refractivity (Wildman–Crippen MR) is 69.0 cm³/mol. The lowest BCUT2D eigenvalue weighted by molar-refractivity contribution is 0.340. The molecular weight excluding hydrogens is 214 g/mol. The van der Waals surface area contributed by atoms with E-state index in [0.717, 1.165) is 29.2 Å². The molecule has 0 saturated carbocycles. The molecular formula is C13H17N3O. The van der Waals surface area contributed by atoms with Gasteiger partial charge in [0.2, 0.25) is 0 Å². The van der Waals surface area contributed by atoms with Gasteiger partial charge in [-0.15, -0.1) is 6.58 Å². The molecule has 0 aliphatic carbocycles. The first kappa shape index (κ1) is 11.7. The molecule has 0 atom stereocenters. The third-order valence-corrected chi connectivity index (χ3v) is 2.60. The lowest BCUT2D eigenvalue weighted by Crippen LogP contribution is -2.07. The van der Waals surface area contributed by atoms with Gasteiger partial charge in [-0.1, -0.05) is 6.08 Å². The lowest BCUT2D eigenvalue weighted by atomic mass is 10.3. The third-order valence-electron chi connectivity index (χ3n) is 2.60. The quantitative estimate of drug-likeness (QED) is 0.801. The summed E-state index contributed by atoms with van der Waals surface area (Å²) in [7, 11) is 0. The number of aromatic nitrogens is 2. The molecule has 0 aliphatic heterocycles. The van der Waals surface area contributed by atoms with Crippen molar-refractivity contribution in [2.45, 2.75) is 20.0 Å². The minimum atomic E-state index is 0.423. The van der Waals surface area contributed by atoms with E-state index < -0.39 is 0 Å². The van der Waals surface area contributed by atoms with Gasteiger partial charge in [-0.2, -0.15) is 0 Å². The van der Waals surface area contributed by atoms with E-state index in [4.69, 9.17) is 10.5 Å². The summed E-state index contributed by atoms with van der Waals surface area (Å²) in [4.78, 5) is 4.50. The second-order valence-electron chi connectivity index (χ2n) is 3.71. The molecule has 4 nitrogen and oxygen atoms in total. The van der Waals surface area contributed by atoms with Gasteiger partial charge in [0.25, 0.3) is 0 Å². The fourth-order valence-corrected chi connectivity index (χ4v) is 1.90. The number of hydrogen-bond acceptors (Lipinski definition) is 3. The van der Waals surface area contributed by atoms with E-state index in [-0.39, 0.29) is 0 Å². The fourth-order valence-electron chi connectivity index (χ4n) is 1.90. The molecule has 0 saturated heterocycles. The van der Waals surface area contributed by atoms with E-state index in [1.165, 1.54) is 0 Å². The number of nitrogens with two attached hydrogens (primary N) is 1. The molecule has 0 amide bonds. The average Bonchev–Trinajstić information content (AvgIpc) is 2.68. The van der Waals surface area contributed by atoms with Crippen molar-refractivity contribution < 1.29 is 4.74 Å². The second kappa shape index (κ2) is 5.01. The van der Waals surface area contributed by atoms with Gasteiger partial charge >= 0.3 is 0 Å². The first-order valence-electron chi connectivity index (χ1n) is 5.73. The van der Waals surface area contributed by atoms with Crippen LogP contribution in [0.4, 0.5) is 0 Å². The molecule has 0 radical (unpaired) electrons. The minimum Gasteiger partial charge on any atom is -0.494 e. The zero-order chi connectivity index (χ0) is 12.3. The molecule has 2 N–H and O–H groups in total. The van der Waals surface area contributed by atoms with Gasteiger partial charge < -0.3 is 15.0 Å². The maximum absolute atomic E-state index is 5.69. The maximum Gasteiger partial charge on any atom is 0.123 e. The van der Waals surface area contributed by atoms with Crippen molar-refractivity contribution in [1.82, 2.24) is 9.55 Å². The highest BCUT2D eigenvalue weighted by atomic mass is 16.5. The van der Waals surface area contributed by atoms with E-state index >= 15 is 0 Å². The van der Waals surface area contributed by atoms with Crippen molar-refractivity contribution in [2.24, 2.45) is 5.73 Å². The number of ether oxygens (including phenoxy) is 1. The summed E-state index contributed by atoms with van der Waals surface area (Å²) in [5.41, 5.74) is 7.67. The summed E-state index contributed by atoms with van der Waals surface area (Å²) >= 11 is 0. The highest BCUT2D eigenvalue weighted by Gasteiger charge is 2.09. The molecule has 1 heterocycles. The molecule has 4 heteroatoms. The van der Waals surface area contributed by atoms with Gasteiger partial charge in [-0.05, 0) is 19.1 Å². The molecule has 0 fully saturated rings. The van der Waals surface area contributed by atoms with Gasteiger partial charge in [0, 0.05) is 12.6 Å². The first-order valence-corrected chi connectivity index (χ1v) is 5.73. The van der Waals surface area contributed by atoms with Gasteiger partial charge in [-0.3, -0.25) is 0 Å². The number of allylic oxidation sites excluding steroid dienone is 1. The monoisotopic (exact) mass is 231 g/mol. The van der Waals surface area contributed by atoms with Crippen molar-refractivity contribution in [1.29, 1.82) is 0 Å². The van der Waals surface area contributed by atoms with E-state index in [0.29, 0.717) is 13.2 Å². The Bertz CT molecular complexity index is 531. The summed E-state index contributed by atoms with van der Waals surface area (Å²) in [6, 6.07) is 5.90. The zero-order valence-corrected chi connectivity index (χ0v) is 10.0. The SMILES string of the molecule is C=CCn1c(CN)nc2cc(OCC)ccc21. The topological polar surface area (TPSA) is 53.1 Å². The van der Waals surface area contributed by atoms with Crippen molar-refractivity contribution in [3.8, 4) is 5.75 Å². The number of imidazole rings is 1. The van der Waals surface area contributed by atoms with Crippen LogP contribution in [0.5, 0.6) is 5.75 Å². The Kier molecular flexibility index (Phi) is 3.44. The Hall–Kier alpha value is -1.81. The highest BCUT2D eigenvalue weighted by Crippen LogP contribution is 2.22. The van der Waals surface area contributed by atoms with Crippen LogP contribution in [-0.4, -0.2) is 16.2 Å². The van der Waals surface area contributed by atoms with Crippen LogP contribution in [0, 0.1) is 0 Å².